The summed E-state index contributed by atoms with van der Waals surface area (Å²) in [5, 5.41) is 10.3. The van der Waals surface area contributed by atoms with E-state index in [1.807, 2.05) is 38.1 Å². The maximum absolute atomic E-state index is 10.3. The van der Waals surface area contributed by atoms with Gasteiger partial charge in [0.2, 0.25) is 0 Å². The number of ether oxygens (including phenoxy) is 1. The molecule has 0 aliphatic heterocycles. The van der Waals surface area contributed by atoms with E-state index in [1.165, 1.54) is 0 Å². The van der Waals surface area contributed by atoms with Crippen LogP contribution in [-0.4, -0.2) is 18.3 Å². The van der Waals surface area contributed by atoms with Gasteiger partial charge in [0.15, 0.2) is 0 Å². The van der Waals surface area contributed by atoms with Crippen LogP contribution in [-0.2, 0) is 5.60 Å². The average Bonchev–Trinajstić information content (AvgIpc) is 2.29. The minimum atomic E-state index is -0.980. The Morgan fingerprint density at radius 2 is 2.00 bits per heavy atom. The summed E-state index contributed by atoms with van der Waals surface area (Å²) in [7, 11) is 0. The molecular weight excluding hydrogens is 190 g/mol. The van der Waals surface area contributed by atoms with Gasteiger partial charge in [-0.15, -0.1) is 0 Å². The number of hydrogen-bond donors (Lipinski definition) is 2. The fraction of sp³-hybridized carbons (Fsp3) is 0.500. The Morgan fingerprint density at radius 1 is 1.33 bits per heavy atom. The molecule has 0 aliphatic carbocycles. The molecule has 3 nitrogen and oxygen atoms in total. The Morgan fingerprint density at radius 3 is 2.53 bits per heavy atom. The predicted octanol–water partition coefficient (Wildman–Crippen LogP) is 1.64. The molecule has 0 aliphatic rings. The maximum Gasteiger partial charge on any atom is 0.125 e. The van der Waals surface area contributed by atoms with Crippen LogP contribution in [0, 0.1) is 0 Å². The molecule has 1 unspecified atom stereocenters. The Bertz CT molecular complexity index is 308. The lowest BCUT2D eigenvalue weighted by Crippen LogP contribution is -2.34. The zero-order valence-electron chi connectivity index (χ0n) is 9.36. The number of rotatable bonds is 5. The van der Waals surface area contributed by atoms with Gasteiger partial charge in [0.25, 0.3) is 0 Å². The molecule has 1 atom stereocenters. The maximum atomic E-state index is 10.3. The second kappa shape index (κ2) is 5.14. The molecule has 3 heteroatoms. The third kappa shape index (κ3) is 2.49. The largest absolute Gasteiger partial charge is 0.493 e. The van der Waals surface area contributed by atoms with E-state index in [9.17, 15) is 5.11 Å². The second-order valence-corrected chi connectivity index (χ2v) is 3.52. The summed E-state index contributed by atoms with van der Waals surface area (Å²) in [6.07, 6.45) is 0.577. The summed E-state index contributed by atoms with van der Waals surface area (Å²) in [6.45, 7) is 4.62. The number of benzene rings is 1. The van der Waals surface area contributed by atoms with Crippen molar-refractivity contribution in [2.45, 2.75) is 25.9 Å². The van der Waals surface area contributed by atoms with E-state index in [0.29, 0.717) is 13.0 Å². The molecule has 0 radical (unpaired) electrons. The van der Waals surface area contributed by atoms with E-state index in [1.54, 1.807) is 0 Å². The quantitative estimate of drug-likeness (QED) is 0.775. The summed E-state index contributed by atoms with van der Waals surface area (Å²) in [5.41, 5.74) is 5.40. The van der Waals surface area contributed by atoms with E-state index in [4.69, 9.17) is 10.5 Å². The summed E-state index contributed by atoms with van der Waals surface area (Å²) >= 11 is 0. The van der Waals surface area contributed by atoms with Crippen molar-refractivity contribution in [3.05, 3.63) is 29.8 Å². The van der Waals surface area contributed by atoms with Gasteiger partial charge in [-0.05, 0) is 19.4 Å². The summed E-state index contributed by atoms with van der Waals surface area (Å²) in [4.78, 5) is 0. The molecule has 0 heterocycles. The highest BCUT2D eigenvalue weighted by Gasteiger charge is 2.28. The van der Waals surface area contributed by atoms with Crippen molar-refractivity contribution < 1.29 is 9.84 Å². The zero-order chi connectivity index (χ0) is 11.3. The van der Waals surface area contributed by atoms with Gasteiger partial charge in [0.05, 0.1) is 6.61 Å². The van der Waals surface area contributed by atoms with Crippen LogP contribution in [0.5, 0.6) is 5.75 Å². The monoisotopic (exact) mass is 209 g/mol. The van der Waals surface area contributed by atoms with E-state index < -0.39 is 5.60 Å². The molecular formula is C12H19NO2. The topological polar surface area (TPSA) is 55.5 Å². The van der Waals surface area contributed by atoms with Gasteiger partial charge in [0, 0.05) is 12.1 Å². The fourth-order valence-corrected chi connectivity index (χ4v) is 1.58. The molecule has 15 heavy (non-hydrogen) atoms. The highest BCUT2D eigenvalue weighted by Crippen LogP contribution is 2.31. The van der Waals surface area contributed by atoms with Crippen molar-refractivity contribution in [3.63, 3.8) is 0 Å². The third-order valence-electron chi connectivity index (χ3n) is 2.61. The molecule has 1 aromatic rings. The molecule has 0 amide bonds. The summed E-state index contributed by atoms with van der Waals surface area (Å²) < 4.78 is 5.47. The normalized spacial score (nSPS) is 14.7. The average molecular weight is 209 g/mol. The van der Waals surface area contributed by atoms with Crippen LogP contribution in [0.4, 0.5) is 0 Å². The summed E-state index contributed by atoms with van der Waals surface area (Å²) in [5.74, 6) is 0.717. The van der Waals surface area contributed by atoms with Crippen molar-refractivity contribution in [1.29, 1.82) is 0 Å². The fourth-order valence-electron chi connectivity index (χ4n) is 1.58. The van der Waals surface area contributed by atoms with Crippen LogP contribution in [0.25, 0.3) is 0 Å². The molecule has 0 spiro atoms. The van der Waals surface area contributed by atoms with Gasteiger partial charge >= 0.3 is 0 Å². The van der Waals surface area contributed by atoms with Crippen LogP contribution in [0.2, 0.25) is 0 Å². The number of para-hydroxylation sites is 1. The Hall–Kier alpha value is -1.06. The standard InChI is InChI=1S/C12H19NO2/c1-3-12(14,9-13)10-7-5-6-8-11(10)15-4-2/h5-8,14H,3-4,9,13H2,1-2H3. The minimum absolute atomic E-state index is 0.202. The van der Waals surface area contributed by atoms with Crippen LogP contribution in [0.15, 0.2) is 24.3 Å². The molecule has 0 bridgehead atoms. The lowest BCUT2D eigenvalue weighted by Gasteiger charge is -2.27. The van der Waals surface area contributed by atoms with Gasteiger partial charge in [-0.1, -0.05) is 25.1 Å². The molecule has 84 valence electrons. The van der Waals surface area contributed by atoms with E-state index in [0.717, 1.165) is 11.3 Å². The molecule has 1 rings (SSSR count). The predicted molar refractivity (Wildman–Crippen MR) is 60.9 cm³/mol. The Labute approximate surface area is 90.9 Å². The van der Waals surface area contributed by atoms with Gasteiger partial charge in [-0.25, -0.2) is 0 Å². The van der Waals surface area contributed by atoms with Gasteiger partial charge in [0.1, 0.15) is 11.4 Å². The van der Waals surface area contributed by atoms with Crippen molar-refractivity contribution in [3.8, 4) is 5.75 Å². The van der Waals surface area contributed by atoms with Crippen molar-refractivity contribution in [1.82, 2.24) is 0 Å². The lowest BCUT2D eigenvalue weighted by molar-refractivity contribution is 0.0389. The van der Waals surface area contributed by atoms with Crippen LogP contribution in [0.3, 0.4) is 0 Å². The van der Waals surface area contributed by atoms with Crippen molar-refractivity contribution in [2.75, 3.05) is 13.2 Å². The van der Waals surface area contributed by atoms with Gasteiger partial charge in [-0.2, -0.15) is 0 Å². The van der Waals surface area contributed by atoms with E-state index in [2.05, 4.69) is 0 Å². The first-order valence-electron chi connectivity index (χ1n) is 5.32. The highest BCUT2D eigenvalue weighted by atomic mass is 16.5. The lowest BCUT2D eigenvalue weighted by atomic mass is 9.90. The molecule has 1 aromatic carbocycles. The first-order chi connectivity index (χ1) is 7.18. The van der Waals surface area contributed by atoms with Crippen molar-refractivity contribution in [2.24, 2.45) is 5.73 Å². The van der Waals surface area contributed by atoms with Gasteiger partial charge < -0.3 is 15.6 Å². The minimum Gasteiger partial charge on any atom is -0.493 e. The third-order valence-corrected chi connectivity index (χ3v) is 2.61. The number of aliphatic hydroxyl groups is 1. The van der Waals surface area contributed by atoms with Crippen LogP contribution >= 0.6 is 0 Å². The Kier molecular flexibility index (Phi) is 4.12. The smallest absolute Gasteiger partial charge is 0.125 e. The molecule has 0 aromatic heterocycles. The molecule has 0 saturated carbocycles. The molecule has 0 saturated heterocycles. The van der Waals surface area contributed by atoms with Crippen LogP contribution < -0.4 is 10.5 Å². The molecule has 0 fully saturated rings. The molecule has 3 N–H and O–H groups in total. The SMILES string of the molecule is CCOc1ccccc1C(O)(CC)CN. The van der Waals surface area contributed by atoms with E-state index in [-0.39, 0.29) is 6.54 Å². The van der Waals surface area contributed by atoms with Crippen LogP contribution in [0.1, 0.15) is 25.8 Å². The first kappa shape index (κ1) is 12.0. The first-order valence-corrected chi connectivity index (χ1v) is 5.32. The number of nitrogens with two attached hydrogens (primary N) is 1. The summed E-state index contributed by atoms with van der Waals surface area (Å²) in [6, 6.07) is 7.49. The Balaban J connectivity index is 3.10. The zero-order valence-corrected chi connectivity index (χ0v) is 9.36. The van der Waals surface area contributed by atoms with E-state index >= 15 is 0 Å². The number of hydrogen-bond acceptors (Lipinski definition) is 3. The second-order valence-electron chi connectivity index (χ2n) is 3.52. The van der Waals surface area contributed by atoms with Crippen molar-refractivity contribution >= 4 is 0 Å². The highest BCUT2D eigenvalue weighted by molar-refractivity contribution is 5.38. The van der Waals surface area contributed by atoms with Gasteiger partial charge in [-0.3, -0.25) is 0 Å².